The zero-order valence-electron chi connectivity index (χ0n) is 14.4. The summed E-state index contributed by atoms with van der Waals surface area (Å²) < 4.78 is 6.68. The van der Waals surface area contributed by atoms with Crippen LogP contribution in [0.1, 0.15) is 29.7 Å². The van der Waals surface area contributed by atoms with Crippen molar-refractivity contribution in [1.29, 1.82) is 0 Å². The van der Waals surface area contributed by atoms with Gasteiger partial charge in [-0.05, 0) is 24.1 Å². The van der Waals surface area contributed by atoms with Crippen molar-refractivity contribution in [3.63, 3.8) is 0 Å². The number of fused-ring (bicyclic) bond motifs is 1. The Morgan fingerprint density at radius 3 is 2.68 bits per heavy atom. The number of nitrogens with one attached hydrogen (secondary N) is 1. The molecule has 5 heteroatoms. The van der Waals surface area contributed by atoms with Crippen LogP contribution in [0.25, 0.3) is 22.2 Å². The van der Waals surface area contributed by atoms with E-state index in [0.29, 0.717) is 5.52 Å². The van der Waals surface area contributed by atoms with Crippen LogP contribution in [0.3, 0.4) is 0 Å². The maximum absolute atomic E-state index is 12.6. The number of hydrogen-bond donors (Lipinski definition) is 1. The van der Waals surface area contributed by atoms with Gasteiger partial charge in [0.05, 0.1) is 17.0 Å². The molecule has 25 heavy (non-hydrogen) atoms. The Balaban J connectivity index is 1.96. The lowest BCUT2D eigenvalue weighted by atomic mass is 9.92. The Kier molecular flexibility index (Phi) is 3.57. The first-order valence-corrected chi connectivity index (χ1v) is 8.25. The van der Waals surface area contributed by atoms with Crippen LogP contribution in [0.15, 0.2) is 58.2 Å². The molecular formula is C20H19N3O2. The highest BCUT2D eigenvalue weighted by molar-refractivity contribution is 5.88. The Morgan fingerprint density at radius 1 is 1.24 bits per heavy atom. The normalized spacial score (nSPS) is 12.6. The molecule has 0 radical (unpaired) electrons. The molecule has 0 aliphatic rings. The molecule has 0 fully saturated rings. The summed E-state index contributed by atoms with van der Waals surface area (Å²) in [6, 6.07) is 12.3. The van der Waals surface area contributed by atoms with Crippen LogP contribution < -0.4 is 5.56 Å². The number of aryl methyl sites for hydroxylation is 2. The van der Waals surface area contributed by atoms with Gasteiger partial charge < -0.3 is 14.1 Å². The summed E-state index contributed by atoms with van der Waals surface area (Å²) in [5.41, 5.74) is 5.40. The van der Waals surface area contributed by atoms with Gasteiger partial charge in [-0.1, -0.05) is 42.4 Å². The number of H-pyrrole nitrogens is 1. The van der Waals surface area contributed by atoms with E-state index in [1.165, 1.54) is 5.56 Å². The SMILES string of the molecule is Cc1nocc1-c1cc2c(C(C)c3ccccc3)cn(C)c(=O)c2[nH]1. The van der Waals surface area contributed by atoms with Crippen LogP contribution in [0, 0.1) is 6.92 Å². The number of aromatic nitrogens is 3. The van der Waals surface area contributed by atoms with Gasteiger partial charge in [-0.3, -0.25) is 4.79 Å². The molecular weight excluding hydrogens is 314 g/mol. The van der Waals surface area contributed by atoms with Gasteiger partial charge in [0.15, 0.2) is 0 Å². The van der Waals surface area contributed by atoms with E-state index in [0.717, 1.165) is 27.9 Å². The van der Waals surface area contributed by atoms with E-state index in [1.54, 1.807) is 17.9 Å². The topological polar surface area (TPSA) is 63.8 Å². The molecule has 0 spiro atoms. The zero-order chi connectivity index (χ0) is 17.6. The Labute approximate surface area is 144 Å². The third-order valence-electron chi connectivity index (χ3n) is 4.80. The van der Waals surface area contributed by atoms with Crippen LogP contribution >= 0.6 is 0 Å². The first-order valence-electron chi connectivity index (χ1n) is 8.25. The largest absolute Gasteiger partial charge is 0.364 e. The summed E-state index contributed by atoms with van der Waals surface area (Å²) in [6.45, 7) is 4.04. The lowest BCUT2D eigenvalue weighted by Gasteiger charge is -2.15. The summed E-state index contributed by atoms with van der Waals surface area (Å²) in [6.07, 6.45) is 3.53. The van der Waals surface area contributed by atoms with E-state index < -0.39 is 0 Å². The van der Waals surface area contributed by atoms with Crippen molar-refractivity contribution < 1.29 is 4.52 Å². The van der Waals surface area contributed by atoms with Crippen LogP contribution in [0.5, 0.6) is 0 Å². The van der Waals surface area contributed by atoms with E-state index >= 15 is 0 Å². The molecule has 3 heterocycles. The summed E-state index contributed by atoms with van der Waals surface area (Å²) >= 11 is 0. The molecule has 4 aromatic rings. The van der Waals surface area contributed by atoms with Gasteiger partial charge in [0.1, 0.15) is 11.8 Å². The van der Waals surface area contributed by atoms with Crippen molar-refractivity contribution in [2.45, 2.75) is 19.8 Å². The fourth-order valence-corrected chi connectivity index (χ4v) is 3.33. The number of aromatic amines is 1. The maximum Gasteiger partial charge on any atom is 0.274 e. The van der Waals surface area contributed by atoms with E-state index in [-0.39, 0.29) is 11.5 Å². The quantitative estimate of drug-likeness (QED) is 0.617. The predicted octanol–water partition coefficient (Wildman–Crippen LogP) is 3.98. The van der Waals surface area contributed by atoms with Gasteiger partial charge >= 0.3 is 0 Å². The van der Waals surface area contributed by atoms with Crippen molar-refractivity contribution in [2.75, 3.05) is 0 Å². The molecule has 4 rings (SSSR count). The van der Waals surface area contributed by atoms with E-state index in [1.807, 2.05) is 37.4 Å². The Morgan fingerprint density at radius 2 is 2.00 bits per heavy atom. The van der Waals surface area contributed by atoms with Gasteiger partial charge in [0.2, 0.25) is 0 Å². The summed E-state index contributed by atoms with van der Waals surface area (Å²) in [7, 11) is 1.79. The fourth-order valence-electron chi connectivity index (χ4n) is 3.33. The number of benzene rings is 1. The van der Waals surface area contributed by atoms with Gasteiger partial charge in [0.25, 0.3) is 5.56 Å². The number of nitrogens with zero attached hydrogens (tertiary/aromatic N) is 2. The van der Waals surface area contributed by atoms with Crippen LogP contribution in [0.4, 0.5) is 0 Å². The maximum atomic E-state index is 12.6. The average Bonchev–Trinajstić information content (AvgIpc) is 3.24. The van der Waals surface area contributed by atoms with Crippen molar-refractivity contribution in [3.8, 4) is 11.3 Å². The predicted molar refractivity (Wildman–Crippen MR) is 97.7 cm³/mol. The minimum Gasteiger partial charge on any atom is -0.364 e. The minimum atomic E-state index is -0.0423. The third kappa shape index (κ3) is 2.48. The molecule has 1 aromatic carbocycles. The first kappa shape index (κ1) is 15.4. The van der Waals surface area contributed by atoms with Gasteiger partial charge in [0, 0.05) is 24.5 Å². The smallest absolute Gasteiger partial charge is 0.274 e. The summed E-state index contributed by atoms with van der Waals surface area (Å²) in [5, 5.41) is 4.87. The molecule has 0 bridgehead atoms. The third-order valence-corrected chi connectivity index (χ3v) is 4.80. The molecule has 3 aromatic heterocycles. The van der Waals surface area contributed by atoms with E-state index in [2.05, 4.69) is 29.2 Å². The number of rotatable bonds is 3. The van der Waals surface area contributed by atoms with Crippen molar-refractivity contribution in [3.05, 3.63) is 76.0 Å². The monoisotopic (exact) mass is 333 g/mol. The standard InChI is InChI=1S/C20H19N3O2/c1-12(14-7-5-4-6-8-14)16-10-23(3)20(24)19-15(16)9-18(21-19)17-11-25-22-13(17)2/h4-12,21H,1-3H3. The zero-order valence-corrected chi connectivity index (χ0v) is 14.4. The molecule has 5 nitrogen and oxygen atoms in total. The summed E-state index contributed by atoms with van der Waals surface area (Å²) in [5.74, 6) is 0.169. The van der Waals surface area contributed by atoms with Crippen molar-refractivity contribution in [2.24, 2.45) is 7.05 Å². The van der Waals surface area contributed by atoms with Crippen molar-refractivity contribution in [1.82, 2.24) is 14.7 Å². The van der Waals surface area contributed by atoms with Gasteiger partial charge in [-0.25, -0.2) is 0 Å². The average molecular weight is 333 g/mol. The van der Waals surface area contributed by atoms with E-state index in [9.17, 15) is 4.79 Å². The molecule has 0 aliphatic carbocycles. The highest BCUT2D eigenvalue weighted by Gasteiger charge is 2.18. The second-order valence-electron chi connectivity index (χ2n) is 6.42. The van der Waals surface area contributed by atoms with Crippen LogP contribution in [0.2, 0.25) is 0 Å². The molecule has 1 N–H and O–H groups in total. The van der Waals surface area contributed by atoms with Gasteiger partial charge in [-0.2, -0.15) is 0 Å². The Bertz CT molecular complexity index is 1100. The van der Waals surface area contributed by atoms with E-state index in [4.69, 9.17) is 4.52 Å². The molecule has 1 atom stereocenters. The highest BCUT2D eigenvalue weighted by Crippen LogP contribution is 2.32. The molecule has 0 saturated heterocycles. The summed E-state index contributed by atoms with van der Waals surface area (Å²) in [4.78, 5) is 15.9. The minimum absolute atomic E-state index is 0.0423. The second kappa shape index (κ2) is 5.77. The lowest BCUT2D eigenvalue weighted by molar-refractivity contribution is 0.415. The van der Waals surface area contributed by atoms with Crippen LogP contribution in [-0.2, 0) is 7.05 Å². The molecule has 0 aliphatic heterocycles. The molecule has 0 amide bonds. The van der Waals surface area contributed by atoms with Crippen LogP contribution in [-0.4, -0.2) is 14.7 Å². The second-order valence-corrected chi connectivity index (χ2v) is 6.42. The molecule has 0 saturated carbocycles. The highest BCUT2D eigenvalue weighted by atomic mass is 16.5. The molecule has 1 unspecified atom stereocenters. The van der Waals surface area contributed by atoms with Crippen molar-refractivity contribution >= 4 is 10.9 Å². The lowest BCUT2D eigenvalue weighted by Crippen LogP contribution is -2.18. The fraction of sp³-hybridized carbons (Fsp3) is 0.200. The molecule has 126 valence electrons. The van der Waals surface area contributed by atoms with Gasteiger partial charge in [-0.15, -0.1) is 0 Å². The number of hydrogen-bond acceptors (Lipinski definition) is 3. The Hall–Kier alpha value is -3.08. The first-order chi connectivity index (χ1) is 12.1. The number of pyridine rings is 1.